The van der Waals surface area contributed by atoms with Crippen molar-refractivity contribution >= 4 is 16.9 Å². The topological polar surface area (TPSA) is 74.1 Å². The lowest BCUT2D eigenvalue weighted by Crippen LogP contribution is -2.18. The minimum absolute atomic E-state index is 0.264. The molecule has 0 fully saturated rings. The van der Waals surface area contributed by atoms with Gasteiger partial charge in [0.1, 0.15) is 29.2 Å². The maximum Gasteiger partial charge on any atom is 0.146 e. The Bertz CT molecular complexity index is 1090. The van der Waals surface area contributed by atoms with E-state index in [0.29, 0.717) is 17.3 Å². The van der Waals surface area contributed by atoms with Gasteiger partial charge in [-0.05, 0) is 29.8 Å². The van der Waals surface area contributed by atoms with Gasteiger partial charge in [0.05, 0.1) is 31.4 Å². The molecule has 142 valence electrons. The number of benzene rings is 2. The molecule has 1 unspecified atom stereocenters. The molecule has 7 nitrogen and oxygen atoms in total. The highest BCUT2D eigenvalue weighted by atomic mass is 16.5. The molecule has 0 amide bonds. The third-order valence-electron chi connectivity index (χ3n) is 4.56. The molecule has 0 aliphatic heterocycles. The second-order valence-electron chi connectivity index (χ2n) is 6.36. The normalized spacial score (nSPS) is 12.0. The molecular formula is C21H21N5O2. The van der Waals surface area contributed by atoms with Crippen LogP contribution in [-0.4, -0.2) is 33.7 Å². The summed E-state index contributed by atoms with van der Waals surface area (Å²) in [6, 6.07) is 13.3. The van der Waals surface area contributed by atoms with E-state index in [-0.39, 0.29) is 6.04 Å². The number of ether oxygens (including phenoxy) is 2. The van der Waals surface area contributed by atoms with Crippen LogP contribution in [0.15, 0.2) is 61.1 Å². The van der Waals surface area contributed by atoms with Crippen molar-refractivity contribution in [2.45, 2.75) is 6.04 Å². The molecule has 0 saturated carbocycles. The summed E-state index contributed by atoms with van der Waals surface area (Å²) in [4.78, 5) is 13.7. The highest BCUT2D eigenvalue weighted by Crippen LogP contribution is 2.31. The number of fused-ring (bicyclic) bond motifs is 1. The second-order valence-corrected chi connectivity index (χ2v) is 6.36. The molecule has 0 bridgehead atoms. The highest BCUT2D eigenvalue weighted by molar-refractivity contribution is 5.75. The van der Waals surface area contributed by atoms with Crippen LogP contribution in [-0.2, 0) is 7.05 Å². The molecule has 4 rings (SSSR count). The zero-order valence-corrected chi connectivity index (χ0v) is 16.0. The molecule has 0 saturated heterocycles. The lowest BCUT2D eigenvalue weighted by molar-refractivity contribution is 0.393. The van der Waals surface area contributed by atoms with E-state index < -0.39 is 0 Å². The molecule has 2 aromatic carbocycles. The summed E-state index contributed by atoms with van der Waals surface area (Å²) in [7, 11) is 5.23. The summed E-state index contributed by atoms with van der Waals surface area (Å²) in [5.41, 5.74) is 2.62. The fraction of sp³-hybridized carbons (Fsp3) is 0.190. The quantitative estimate of drug-likeness (QED) is 0.555. The summed E-state index contributed by atoms with van der Waals surface area (Å²) in [6.07, 6.45) is 5.41. The van der Waals surface area contributed by atoms with Crippen molar-refractivity contribution in [2.24, 2.45) is 7.05 Å². The van der Waals surface area contributed by atoms with Crippen molar-refractivity contribution in [3.63, 3.8) is 0 Å². The van der Waals surface area contributed by atoms with E-state index in [9.17, 15) is 0 Å². The third kappa shape index (κ3) is 3.46. The number of para-hydroxylation sites is 2. The Balaban J connectivity index is 1.79. The van der Waals surface area contributed by atoms with Gasteiger partial charge in [-0.15, -0.1) is 0 Å². The van der Waals surface area contributed by atoms with Crippen LogP contribution >= 0.6 is 0 Å². The van der Waals surface area contributed by atoms with Gasteiger partial charge >= 0.3 is 0 Å². The van der Waals surface area contributed by atoms with Crippen LogP contribution in [0, 0.1) is 0 Å². The van der Waals surface area contributed by atoms with Gasteiger partial charge in [0, 0.05) is 25.5 Å². The van der Waals surface area contributed by atoms with Gasteiger partial charge in [0.15, 0.2) is 0 Å². The number of hydrogen-bond donors (Lipinski definition) is 1. The lowest BCUT2D eigenvalue weighted by Gasteiger charge is -2.21. The zero-order valence-electron chi connectivity index (χ0n) is 16.0. The predicted octanol–water partition coefficient (Wildman–Crippen LogP) is 3.58. The molecular weight excluding hydrogens is 354 g/mol. The Morgan fingerprint density at radius 1 is 0.964 bits per heavy atom. The average Bonchev–Trinajstić information content (AvgIpc) is 3.17. The van der Waals surface area contributed by atoms with Gasteiger partial charge in [0.25, 0.3) is 0 Å². The number of aryl methyl sites for hydroxylation is 1. The summed E-state index contributed by atoms with van der Waals surface area (Å²) >= 11 is 0. The van der Waals surface area contributed by atoms with Crippen LogP contribution in [0.25, 0.3) is 11.0 Å². The third-order valence-corrected chi connectivity index (χ3v) is 4.56. The fourth-order valence-corrected chi connectivity index (χ4v) is 3.12. The van der Waals surface area contributed by atoms with Gasteiger partial charge in [-0.1, -0.05) is 12.1 Å². The Morgan fingerprint density at radius 2 is 1.68 bits per heavy atom. The van der Waals surface area contributed by atoms with Gasteiger partial charge in [0.2, 0.25) is 0 Å². The van der Waals surface area contributed by atoms with E-state index in [0.717, 1.165) is 22.4 Å². The highest BCUT2D eigenvalue weighted by Gasteiger charge is 2.21. The second kappa shape index (κ2) is 7.56. The number of methoxy groups -OCH3 is 2. The van der Waals surface area contributed by atoms with Crippen LogP contribution in [0.2, 0.25) is 0 Å². The molecule has 0 aliphatic rings. The van der Waals surface area contributed by atoms with Crippen molar-refractivity contribution in [3.05, 3.63) is 72.4 Å². The Labute approximate surface area is 163 Å². The molecule has 0 spiro atoms. The number of hydrogen-bond acceptors (Lipinski definition) is 6. The average molecular weight is 375 g/mol. The first-order valence-electron chi connectivity index (χ1n) is 8.86. The number of aromatic nitrogens is 4. The van der Waals surface area contributed by atoms with Crippen LogP contribution < -0.4 is 14.8 Å². The zero-order chi connectivity index (χ0) is 19.5. The standard InChI is InChI=1S/C21H21N5O2/c1-26-9-8-22-21(26)20(14-10-15(27-2)12-16(11-14)28-3)25-19-13-23-17-6-4-5-7-18(17)24-19/h4-13,20H,1-3H3,(H,24,25). The number of imidazole rings is 1. The molecule has 0 aliphatic carbocycles. The van der Waals surface area contributed by atoms with E-state index >= 15 is 0 Å². The number of nitrogens with zero attached hydrogens (tertiary/aromatic N) is 4. The molecule has 1 N–H and O–H groups in total. The van der Waals surface area contributed by atoms with Crippen molar-refractivity contribution < 1.29 is 9.47 Å². The van der Waals surface area contributed by atoms with Crippen LogP contribution in [0.3, 0.4) is 0 Å². The number of nitrogens with one attached hydrogen (secondary N) is 1. The molecule has 7 heteroatoms. The van der Waals surface area contributed by atoms with Crippen molar-refractivity contribution in [2.75, 3.05) is 19.5 Å². The van der Waals surface area contributed by atoms with E-state index in [1.807, 2.05) is 60.3 Å². The minimum atomic E-state index is -0.264. The number of rotatable bonds is 6. The molecule has 2 aromatic heterocycles. The van der Waals surface area contributed by atoms with E-state index in [1.54, 1.807) is 26.6 Å². The Hall–Kier alpha value is -3.61. The number of anilines is 1. The summed E-state index contributed by atoms with van der Waals surface area (Å²) < 4.78 is 12.9. The molecule has 0 radical (unpaired) electrons. The van der Waals surface area contributed by atoms with Crippen molar-refractivity contribution in [1.29, 1.82) is 0 Å². The first-order chi connectivity index (χ1) is 13.7. The molecule has 28 heavy (non-hydrogen) atoms. The summed E-state index contributed by atoms with van der Waals surface area (Å²) in [6.45, 7) is 0. The van der Waals surface area contributed by atoms with Gasteiger partial charge in [-0.2, -0.15) is 0 Å². The van der Waals surface area contributed by atoms with Gasteiger partial charge in [-0.3, -0.25) is 4.98 Å². The van der Waals surface area contributed by atoms with Crippen molar-refractivity contribution in [1.82, 2.24) is 19.5 Å². The van der Waals surface area contributed by atoms with Crippen LogP contribution in [0.1, 0.15) is 17.4 Å². The largest absolute Gasteiger partial charge is 0.497 e. The molecule has 2 heterocycles. The fourth-order valence-electron chi connectivity index (χ4n) is 3.12. The maximum atomic E-state index is 5.44. The van der Waals surface area contributed by atoms with Crippen LogP contribution in [0.5, 0.6) is 11.5 Å². The molecule has 1 atom stereocenters. The molecule has 4 aromatic rings. The first-order valence-corrected chi connectivity index (χ1v) is 8.86. The first kappa shape index (κ1) is 17.8. The minimum Gasteiger partial charge on any atom is -0.497 e. The predicted molar refractivity (Wildman–Crippen MR) is 108 cm³/mol. The van der Waals surface area contributed by atoms with E-state index in [2.05, 4.69) is 15.3 Å². The van der Waals surface area contributed by atoms with E-state index in [1.165, 1.54) is 0 Å². The SMILES string of the molecule is COc1cc(OC)cc(C(Nc2cnc3ccccc3n2)c2nccn2C)c1. The van der Waals surface area contributed by atoms with Crippen molar-refractivity contribution in [3.8, 4) is 11.5 Å². The Morgan fingerprint density at radius 3 is 2.32 bits per heavy atom. The smallest absolute Gasteiger partial charge is 0.146 e. The maximum absolute atomic E-state index is 5.44. The summed E-state index contributed by atoms with van der Waals surface area (Å²) in [5.74, 6) is 2.92. The van der Waals surface area contributed by atoms with E-state index in [4.69, 9.17) is 14.5 Å². The van der Waals surface area contributed by atoms with Gasteiger partial charge in [-0.25, -0.2) is 9.97 Å². The monoisotopic (exact) mass is 375 g/mol. The summed E-state index contributed by atoms with van der Waals surface area (Å²) in [5, 5.41) is 3.47. The Kier molecular flexibility index (Phi) is 4.80. The lowest BCUT2D eigenvalue weighted by atomic mass is 10.0. The van der Waals surface area contributed by atoms with Crippen LogP contribution in [0.4, 0.5) is 5.82 Å². The van der Waals surface area contributed by atoms with Gasteiger partial charge < -0.3 is 19.4 Å².